The molecule has 2 N–H and O–H groups in total. The molecule has 0 unspecified atom stereocenters. The molecule has 0 radical (unpaired) electrons. The number of nitrogens with two attached hydrogens (primary N) is 1. The topological polar surface area (TPSA) is 131 Å². The zero-order chi connectivity index (χ0) is 33.0. The molecule has 46 heavy (non-hydrogen) atoms. The molecule has 4 atom stereocenters. The Labute approximate surface area is 271 Å². The molecule has 3 aliphatic carbocycles. The quantitative estimate of drug-likeness (QED) is 0.441. The van der Waals surface area contributed by atoms with Gasteiger partial charge in [0.05, 0.1) is 11.0 Å². The van der Waals surface area contributed by atoms with Crippen LogP contribution in [0.2, 0.25) is 0 Å². The van der Waals surface area contributed by atoms with Crippen molar-refractivity contribution in [1.29, 1.82) is 0 Å². The highest BCUT2D eigenvalue weighted by atomic mass is 19.1. The zero-order valence-electron chi connectivity index (χ0n) is 27.9. The third-order valence-corrected chi connectivity index (χ3v) is 10.6. The summed E-state index contributed by atoms with van der Waals surface area (Å²) in [4.78, 5) is 55.7. The average molecular weight is 641 g/mol. The van der Waals surface area contributed by atoms with Crippen molar-refractivity contribution < 1.29 is 28.2 Å². The molecule has 2 saturated heterocycles. The van der Waals surface area contributed by atoms with E-state index in [0.717, 1.165) is 25.7 Å². The number of hydrogen-bond acceptors (Lipinski definition) is 10. The summed E-state index contributed by atoms with van der Waals surface area (Å²) in [5.74, 6) is 0.468. The number of alkyl halides is 1. The number of carbonyl (C=O) groups excluding carboxylic acids is 3. The number of allylic oxidation sites excluding steroid dienone is 2. The molecule has 1 aromatic rings. The van der Waals surface area contributed by atoms with E-state index in [1.807, 2.05) is 44.5 Å². The molecule has 1 aromatic heterocycles. The number of aromatic nitrogens is 2. The van der Waals surface area contributed by atoms with Crippen molar-refractivity contribution >= 4 is 23.5 Å². The molecule has 11 nitrogen and oxygen atoms in total. The molecule has 5 aliphatic rings. The van der Waals surface area contributed by atoms with Crippen LogP contribution in [0.1, 0.15) is 103 Å². The summed E-state index contributed by atoms with van der Waals surface area (Å²) in [5.41, 5.74) is 5.77. The van der Waals surface area contributed by atoms with E-state index < -0.39 is 23.3 Å². The van der Waals surface area contributed by atoms with Gasteiger partial charge < -0.3 is 20.1 Å². The molecule has 2 spiro atoms. The number of Topliss-reactive ketones (excluding diaryl/α,β-unsaturated/α-hetero) is 2. The lowest BCUT2D eigenvalue weighted by molar-refractivity contribution is -0.129. The molecular formula is C34H49FN6O5. The van der Waals surface area contributed by atoms with Crippen molar-refractivity contribution in [3.63, 3.8) is 0 Å². The van der Waals surface area contributed by atoms with Crippen molar-refractivity contribution in [2.24, 2.45) is 11.1 Å². The number of carbonyl (C=O) groups is 3. The molecule has 2 saturated carbocycles. The smallest absolute Gasteiger partial charge is 0.410 e. The molecule has 2 aliphatic heterocycles. The Morgan fingerprint density at radius 1 is 1.09 bits per heavy atom. The highest BCUT2D eigenvalue weighted by molar-refractivity contribution is 6.08. The van der Waals surface area contributed by atoms with Crippen molar-refractivity contribution in [3.8, 4) is 5.88 Å². The highest BCUT2D eigenvalue weighted by Gasteiger charge is 2.54. The lowest BCUT2D eigenvalue weighted by Crippen LogP contribution is -2.58. The molecule has 4 fully saturated rings. The normalized spacial score (nSPS) is 29.0. The number of rotatable bonds is 6. The van der Waals surface area contributed by atoms with E-state index in [1.165, 1.54) is 0 Å². The van der Waals surface area contributed by atoms with Crippen LogP contribution in [0.3, 0.4) is 0 Å². The van der Waals surface area contributed by atoms with Gasteiger partial charge in [0.25, 0.3) is 0 Å². The maximum atomic E-state index is 14.2. The number of amides is 1. The van der Waals surface area contributed by atoms with Crippen LogP contribution in [0.25, 0.3) is 0 Å². The van der Waals surface area contributed by atoms with E-state index in [4.69, 9.17) is 20.2 Å². The number of nitrogens with zero attached hydrogens (tertiary/aromatic N) is 5. The van der Waals surface area contributed by atoms with Crippen LogP contribution in [-0.4, -0.2) is 100 Å². The molecule has 3 heterocycles. The van der Waals surface area contributed by atoms with Crippen LogP contribution in [0.5, 0.6) is 5.88 Å². The lowest BCUT2D eigenvalue weighted by Gasteiger charge is -2.43. The van der Waals surface area contributed by atoms with E-state index in [-0.39, 0.29) is 40.9 Å². The van der Waals surface area contributed by atoms with E-state index in [1.54, 1.807) is 6.07 Å². The number of piperazine rings is 1. The number of likely N-dealkylation sites (N-methyl/N-ethyl adjacent to an activating group) is 1. The van der Waals surface area contributed by atoms with Crippen LogP contribution in [-0.2, 0) is 9.53 Å². The Hall–Kier alpha value is -3.28. The molecule has 6 rings (SSSR count). The minimum absolute atomic E-state index is 0.0273. The van der Waals surface area contributed by atoms with Crippen LogP contribution < -0.4 is 15.4 Å². The van der Waals surface area contributed by atoms with Crippen molar-refractivity contribution in [1.82, 2.24) is 19.8 Å². The van der Waals surface area contributed by atoms with Crippen LogP contribution in [0.4, 0.5) is 15.0 Å². The minimum Gasteiger partial charge on any atom is -0.473 e. The first-order valence-electron chi connectivity index (χ1n) is 16.9. The fourth-order valence-electron chi connectivity index (χ4n) is 8.00. The average Bonchev–Trinajstić information content (AvgIpc) is 3.66. The van der Waals surface area contributed by atoms with Crippen molar-refractivity contribution in [2.45, 2.75) is 121 Å². The molecule has 0 bridgehead atoms. The van der Waals surface area contributed by atoms with Gasteiger partial charge in [0.1, 0.15) is 29.5 Å². The Balaban J connectivity index is 1.32. The van der Waals surface area contributed by atoms with Crippen molar-refractivity contribution in [3.05, 3.63) is 23.2 Å². The van der Waals surface area contributed by atoms with E-state index in [9.17, 15) is 18.8 Å². The summed E-state index contributed by atoms with van der Waals surface area (Å²) >= 11 is 0. The SMILES string of the molecule is C[C@H](Oc1cc(N2CCN(C(=O)OC(C)(C)C)C3(CC3)C2)nc(C(=O)C2=C(N)[C@]3(CCCCC3=O)CCC2)n1)[C@@H]1C[C@@H](F)CN1C. The van der Waals surface area contributed by atoms with Crippen LogP contribution >= 0.6 is 0 Å². The standard InChI is InChI=1S/C34H49FN6O5/c1-21(24-17-22(35)19-39(24)5)45-27-18-26(40-15-16-41(33(20-40)13-14-33)31(44)46-32(2,3)4)37-30(38-27)28(43)23-9-8-12-34(29(23)36)11-7-6-10-25(34)42/h18,21-22,24H,6-17,19-20,36H2,1-5H3/t21-,22+,24-,34+/m0/s1. The molecule has 1 amide bonds. The Morgan fingerprint density at radius 3 is 2.48 bits per heavy atom. The molecule has 0 aromatic carbocycles. The van der Waals surface area contributed by atoms with Gasteiger partial charge >= 0.3 is 6.09 Å². The highest BCUT2D eigenvalue weighted by Crippen LogP contribution is 2.48. The first-order valence-corrected chi connectivity index (χ1v) is 16.9. The maximum absolute atomic E-state index is 14.2. The van der Waals surface area contributed by atoms with Crippen LogP contribution in [0, 0.1) is 5.41 Å². The summed E-state index contributed by atoms with van der Waals surface area (Å²) < 4.78 is 26.3. The second-order valence-electron chi connectivity index (χ2n) is 15.1. The maximum Gasteiger partial charge on any atom is 0.410 e. The fourth-order valence-corrected chi connectivity index (χ4v) is 8.00. The third-order valence-electron chi connectivity index (χ3n) is 10.6. The van der Waals surface area contributed by atoms with Crippen LogP contribution in [0.15, 0.2) is 17.3 Å². The second kappa shape index (κ2) is 12.1. The van der Waals surface area contributed by atoms with Gasteiger partial charge in [-0.05, 0) is 86.1 Å². The first kappa shape index (κ1) is 32.7. The number of anilines is 1. The molecule has 252 valence electrons. The third kappa shape index (κ3) is 6.21. The molecular weight excluding hydrogens is 591 g/mol. The monoisotopic (exact) mass is 640 g/mol. The Bertz CT molecular complexity index is 1420. The van der Waals surface area contributed by atoms with Gasteiger partial charge in [-0.2, -0.15) is 4.98 Å². The Morgan fingerprint density at radius 2 is 1.83 bits per heavy atom. The number of ether oxygens (including phenoxy) is 2. The summed E-state index contributed by atoms with van der Waals surface area (Å²) in [6, 6.07) is 1.59. The van der Waals surface area contributed by atoms with E-state index >= 15 is 0 Å². The predicted octanol–water partition coefficient (Wildman–Crippen LogP) is 4.58. The number of halogens is 1. The van der Waals surface area contributed by atoms with Gasteiger partial charge in [0.15, 0.2) is 0 Å². The molecule has 12 heteroatoms. The zero-order valence-corrected chi connectivity index (χ0v) is 27.9. The van der Waals surface area contributed by atoms with E-state index in [0.29, 0.717) is 81.8 Å². The van der Waals surface area contributed by atoms with Gasteiger partial charge in [-0.1, -0.05) is 6.42 Å². The summed E-state index contributed by atoms with van der Waals surface area (Å²) in [6.45, 7) is 9.28. The Kier molecular flexibility index (Phi) is 8.56. The summed E-state index contributed by atoms with van der Waals surface area (Å²) in [7, 11) is 1.88. The number of likely N-dealkylation sites (tertiary alicyclic amines) is 1. The fraction of sp³-hybridized carbons (Fsp3) is 0.735. The number of ketones is 2. The van der Waals surface area contributed by atoms with Gasteiger partial charge in [-0.25, -0.2) is 14.2 Å². The predicted molar refractivity (Wildman–Crippen MR) is 170 cm³/mol. The van der Waals surface area contributed by atoms with Gasteiger partial charge in [-0.15, -0.1) is 0 Å². The second-order valence-corrected chi connectivity index (χ2v) is 15.1. The summed E-state index contributed by atoms with van der Waals surface area (Å²) in [5, 5.41) is 0. The first-order chi connectivity index (χ1) is 21.7. The van der Waals surface area contributed by atoms with Crippen molar-refractivity contribution in [2.75, 3.05) is 38.1 Å². The minimum atomic E-state index is -0.925. The van der Waals surface area contributed by atoms with Gasteiger partial charge in [0, 0.05) is 56.0 Å². The lowest BCUT2D eigenvalue weighted by atomic mass is 9.64. The summed E-state index contributed by atoms with van der Waals surface area (Å²) in [6.07, 6.45) is 5.13. The van der Waals surface area contributed by atoms with E-state index in [2.05, 4.69) is 9.88 Å². The van der Waals surface area contributed by atoms with Gasteiger partial charge in [0.2, 0.25) is 17.5 Å². The van der Waals surface area contributed by atoms with Gasteiger partial charge in [-0.3, -0.25) is 19.4 Å². The number of hydrogen-bond donors (Lipinski definition) is 1. The largest absolute Gasteiger partial charge is 0.473 e.